The second kappa shape index (κ2) is 9.59. The molecule has 0 aliphatic carbocycles. The van der Waals surface area contributed by atoms with E-state index in [0.717, 1.165) is 10.0 Å². The van der Waals surface area contributed by atoms with Crippen molar-refractivity contribution in [2.45, 2.75) is 20.0 Å². The fourth-order valence-corrected chi connectivity index (χ4v) is 2.87. The lowest BCUT2D eigenvalue weighted by Crippen LogP contribution is -2.40. The number of hydrogen-bond acceptors (Lipinski definition) is 3. The van der Waals surface area contributed by atoms with Crippen molar-refractivity contribution in [1.82, 2.24) is 10.6 Å². The van der Waals surface area contributed by atoms with E-state index in [0.29, 0.717) is 29.4 Å². The minimum Gasteiger partial charge on any atom is -0.480 e. The summed E-state index contributed by atoms with van der Waals surface area (Å²) in [6.45, 7) is 4.27. The lowest BCUT2D eigenvalue weighted by molar-refractivity contribution is -0.127. The Hall–Kier alpha value is -2.05. The number of nitrogens with one attached hydrogen (secondary N) is 2. The maximum Gasteiger partial charge on any atom is 0.260 e. The number of carbonyl (C=O) groups excluding carboxylic acids is 2. The Labute approximate surface area is 166 Å². The molecule has 138 valence electrons. The Balaban J connectivity index is 1.74. The molecule has 26 heavy (non-hydrogen) atoms. The van der Waals surface area contributed by atoms with E-state index in [1.165, 1.54) is 0 Å². The molecule has 1 atom stereocenters. The minimum absolute atomic E-state index is 0.219. The Bertz CT molecular complexity index is 781. The SMILES string of the molecule is Cc1ccc(OC(C)C(=O)NCCNC(=O)c2ccc(Cl)cc2)c(Br)c1. The van der Waals surface area contributed by atoms with Crippen LogP contribution in [0.25, 0.3) is 0 Å². The van der Waals surface area contributed by atoms with Gasteiger partial charge in [-0.15, -0.1) is 0 Å². The Kier molecular flexibility index (Phi) is 7.48. The van der Waals surface area contributed by atoms with Crippen LogP contribution in [0.15, 0.2) is 46.9 Å². The first-order valence-corrected chi connectivity index (χ1v) is 9.28. The fraction of sp³-hybridized carbons (Fsp3) is 0.263. The molecule has 2 rings (SSSR count). The predicted octanol–water partition coefficient (Wildman–Crippen LogP) is 3.72. The molecule has 0 saturated heterocycles. The van der Waals surface area contributed by atoms with Gasteiger partial charge < -0.3 is 15.4 Å². The summed E-state index contributed by atoms with van der Waals surface area (Å²) in [5, 5.41) is 6.04. The first kappa shape index (κ1) is 20.3. The van der Waals surface area contributed by atoms with E-state index in [4.69, 9.17) is 16.3 Å². The van der Waals surface area contributed by atoms with Gasteiger partial charge in [0, 0.05) is 23.7 Å². The van der Waals surface area contributed by atoms with Gasteiger partial charge in [-0.05, 0) is 71.7 Å². The van der Waals surface area contributed by atoms with Crippen LogP contribution in [0.5, 0.6) is 5.75 Å². The number of ether oxygens (including phenoxy) is 1. The van der Waals surface area contributed by atoms with Gasteiger partial charge in [0.15, 0.2) is 6.10 Å². The van der Waals surface area contributed by atoms with Crippen LogP contribution in [-0.4, -0.2) is 31.0 Å². The zero-order valence-electron chi connectivity index (χ0n) is 14.5. The van der Waals surface area contributed by atoms with Crippen molar-refractivity contribution < 1.29 is 14.3 Å². The van der Waals surface area contributed by atoms with Crippen molar-refractivity contribution in [3.63, 3.8) is 0 Å². The van der Waals surface area contributed by atoms with Gasteiger partial charge in [0.2, 0.25) is 0 Å². The third-order valence-electron chi connectivity index (χ3n) is 3.58. The first-order valence-electron chi connectivity index (χ1n) is 8.11. The minimum atomic E-state index is -0.652. The van der Waals surface area contributed by atoms with Gasteiger partial charge in [-0.1, -0.05) is 17.7 Å². The summed E-state index contributed by atoms with van der Waals surface area (Å²) >= 11 is 9.21. The van der Waals surface area contributed by atoms with E-state index >= 15 is 0 Å². The lowest BCUT2D eigenvalue weighted by Gasteiger charge is -2.16. The lowest BCUT2D eigenvalue weighted by atomic mass is 10.2. The number of hydrogen-bond donors (Lipinski definition) is 2. The maximum absolute atomic E-state index is 12.1. The molecular formula is C19H20BrClN2O3. The summed E-state index contributed by atoms with van der Waals surface area (Å²) in [6, 6.07) is 12.2. The highest BCUT2D eigenvalue weighted by Gasteiger charge is 2.15. The fourth-order valence-electron chi connectivity index (χ4n) is 2.15. The van der Waals surface area contributed by atoms with Gasteiger partial charge in [-0.3, -0.25) is 9.59 Å². The molecule has 0 aliphatic rings. The highest BCUT2D eigenvalue weighted by atomic mass is 79.9. The quantitative estimate of drug-likeness (QED) is 0.646. The molecule has 5 nitrogen and oxygen atoms in total. The Morgan fingerprint density at radius 2 is 1.77 bits per heavy atom. The van der Waals surface area contributed by atoms with Crippen molar-refractivity contribution in [3.8, 4) is 5.75 Å². The highest BCUT2D eigenvalue weighted by Crippen LogP contribution is 2.26. The second-order valence-electron chi connectivity index (χ2n) is 5.75. The number of rotatable bonds is 7. The van der Waals surface area contributed by atoms with Crippen LogP contribution < -0.4 is 15.4 Å². The van der Waals surface area contributed by atoms with Crippen molar-refractivity contribution in [1.29, 1.82) is 0 Å². The molecule has 2 aromatic carbocycles. The average molecular weight is 440 g/mol. The summed E-state index contributed by atoms with van der Waals surface area (Å²) in [7, 11) is 0. The van der Waals surface area contributed by atoms with Crippen molar-refractivity contribution in [2.24, 2.45) is 0 Å². The molecule has 1 unspecified atom stereocenters. The zero-order chi connectivity index (χ0) is 19.1. The van der Waals surface area contributed by atoms with Crippen LogP contribution >= 0.6 is 27.5 Å². The summed E-state index contributed by atoms with van der Waals surface area (Å²) < 4.78 is 6.46. The van der Waals surface area contributed by atoms with Gasteiger partial charge in [0.25, 0.3) is 11.8 Å². The summed E-state index contributed by atoms with van der Waals surface area (Å²) in [5.41, 5.74) is 1.61. The van der Waals surface area contributed by atoms with Crippen LogP contribution in [0.4, 0.5) is 0 Å². The molecule has 0 spiro atoms. The molecular weight excluding hydrogens is 420 g/mol. The molecule has 7 heteroatoms. The molecule has 0 bridgehead atoms. The van der Waals surface area contributed by atoms with Gasteiger partial charge in [-0.2, -0.15) is 0 Å². The first-order chi connectivity index (χ1) is 12.4. The van der Waals surface area contributed by atoms with E-state index in [2.05, 4.69) is 26.6 Å². The topological polar surface area (TPSA) is 67.4 Å². The second-order valence-corrected chi connectivity index (χ2v) is 7.04. The summed E-state index contributed by atoms with van der Waals surface area (Å²) in [5.74, 6) is 0.135. The van der Waals surface area contributed by atoms with Gasteiger partial charge in [0.1, 0.15) is 5.75 Å². The van der Waals surface area contributed by atoms with Gasteiger partial charge in [-0.25, -0.2) is 0 Å². The average Bonchev–Trinajstić information content (AvgIpc) is 2.61. The maximum atomic E-state index is 12.1. The molecule has 0 aromatic heterocycles. The highest BCUT2D eigenvalue weighted by molar-refractivity contribution is 9.10. The molecule has 0 heterocycles. The molecule has 2 aromatic rings. The van der Waals surface area contributed by atoms with Crippen molar-refractivity contribution >= 4 is 39.3 Å². The third kappa shape index (κ3) is 6.04. The standard InChI is InChI=1S/C19H20BrClN2O3/c1-12-3-8-17(16(20)11-12)26-13(2)18(24)22-9-10-23-19(25)14-4-6-15(21)7-5-14/h3-8,11,13H,9-10H2,1-2H3,(H,22,24)(H,23,25). The Morgan fingerprint density at radius 1 is 1.12 bits per heavy atom. The van der Waals surface area contributed by atoms with Crippen LogP contribution in [-0.2, 0) is 4.79 Å². The third-order valence-corrected chi connectivity index (χ3v) is 4.45. The zero-order valence-corrected chi connectivity index (χ0v) is 16.9. The van der Waals surface area contributed by atoms with E-state index in [9.17, 15) is 9.59 Å². The van der Waals surface area contributed by atoms with Crippen LogP contribution in [0.2, 0.25) is 5.02 Å². The van der Waals surface area contributed by atoms with Crippen LogP contribution in [0, 0.1) is 6.92 Å². The van der Waals surface area contributed by atoms with E-state index in [1.807, 2.05) is 25.1 Å². The summed E-state index contributed by atoms with van der Waals surface area (Å²) in [6.07, 6.45) is -0.652. The van der Waals surface area contributed by atoms with Crippen molar-refractivity contribution in [3.05, 3.63) is 63.1 Å². The molecule has 0 fully saturated rings. The van der Waals surface area contributed by atoms with Crippen LogP contribution in [0.3, 0.4) is 0 Å². The smallest absolute Gasteiger partial charge is 0.260 e. The number of halogens is 2. The van der Waals surface area contributed by atoms with Gasteiger partial charge >= 0.3 is 0 Å². The van der Waals surface area contributed by atoms with E-state index < -0.39 is 6.10 Å². The summed E-state index contributed by atoms with van der Waals surface area (Å²) in [4.78, 5) is 24.0. The number of carbonyl (C=O) groups is 2. The predicted molar refractivity (Wildman–Crippen MR) is 106 cm³/mol. The molecule has 2 amide bonds. The Morgan fingerprint density at radius 3 is 2.42 bits per heavy atom. The molecule has 0 saturated carbocycles. The molecule has 0 aliphatic heterocycles. The molecule has 2 N–H and O–H groups in total. The van der Waals surface area contributed by atoms with Crippen LogP contribution in [0.1, 0.15) is 22.8 Å². The largest absolute Gasteiger partial charge is 0.480 e. The number of aryl methyl sites for hydroxylation is 1. The number of benzene rings is 2. The van der Waals surface area contributed by atoms with E-state index in [1.54, 1.807) is 31.2 Å². The van der Waals surface area contributed by atoms with Gasteiger partial charge in [0.05, 0.1) is 4.47 Å². The van der Waals surface area contributed by atoms with Crippen molar-refractivity contribution in [2.75, 3.05) is 13.1 Å². The molecule has 0 radical (unpaired) electrons. The normalized spacial score (nSPS) is 11.5. The monoisotopic (exact) mass is 438 g/mol. The van der Waals surface area contributed by atoms with E-state index in [-0.39, 0.29) is 11.8 Å². The number of amides is 2.